The number of carboxylic acids is 1. The molecule has 10 heteroatoms. The second kappa shape index (κ2) is 10.2. The maximum absolute atomic E-state index is 13.3. The van der Waals surface area contributed by atoms with E-state index in [0.29, 0.717) is 11.3 Å². The Balaban J connectivity index is 2.37. The number of carbonyl (C=O) groups is 2. The van der Waals surface area contributed by atoms with Crippen LogP contribution in [-0.4, -0.2) is 62.8 Å². The summed E-state index contributed by atoms with van der Waals surface area (Å²) in [5.74, 6) is -2.02. The van der Waals surface area contributed by atoms with Gasteiger partial charge in [0.1, 0.15) is 12.4 Å². The number of hydrogen-bond donors (Lipinski definition) is 4. The molecule has 4 N–H and O–H groups in total. The molecule has 1 aromatic carbocycles. The van der Waals surface area contributed by atoms with E-state index < -0.39 is 36.3 Å². The fourth-order valence-corrected chi connectivity index (χ4v) is 2.96. The summed E-state index contributed by atoms with van der Waals surface area (Å²) in [5, 5.41) is 35.4. The minimum absolute atomic E-state index is 0.132. The summed E-state index contributed by atoms with van der Waals surface area (Å²) < 4.78 is 20.5. The van der Waals surface area contributed by atoms with Crippen molar-refractivity contribution in [3.05, 3.63) is 41.3 Å². The maximum atomic E-state index is 13.3. The third-order valence-corrected chi connectivity index (χ3v) is 4.34. The molecule has 0 aliphatic rings. The largest absolute Gasteiger partial charge is 0.481 e. The van der Waals surface area contributed by atoms with Crippen LogP contribution in [0.4, 0.5) is 4.39 Å². The molecule has 0 aliphatic heterocycles. The molecule has 1 heterocycles. The first-order chi connectivity index (χ1) is 14.1. The minimum atomic E-state index is -1.23. The second-order valence-corrected chi connectivity index (χ2v) is 7.14. The Kier molecular flexibility index (Phi) is 7.90. The quantitative estimate of drug-likeness (QED) is 0.454. The summed E-state index contributed by atoms with van der Waals surface area (Å²) in [7, 11) is 1.47. The van der Waals surface area contributed by atoms with Crippen LogP contribution in [0.3, 0.4) is 0 Å². The fraction of sp³-hybridized carbons (Fsp3) is 0.450. The van der Waals surface area contributed by atoms with Gasteiger partial charge in [0, 0.05) is 19.0 Å². The molecular formula is C20H26FN3O6. The lowest BCUT2D eigenvalue weighted by molar-refractivity contribution is -0.139. The van der Waals surface area contributed by atoms with Crippen LogP contribution in [0.15, 0.2) is 24.3 Å². The molecule has 0 saturated heterocycles. The van der Waals surface area contributed by atoms with Crippen molar-refractivity contribution in [2.75, 3.05) is 13.7 Å². The lowest BCUT2D eigenvalue weighted by atomic mass is 10.0. The molecule has 30 heavy (non-hydrogen) atoms. The van der Waals surface area contributed by atoms with Gasteiger partial charge in [-0.2, -0.15) is 5.10 Å². The predicted octanol–water partition coefficient (Wildman–Crippen LogP) is 1.46. The van der Waals surface area contributed by atoms with Crippen molar-refractivity contribution in [3.63, 3.8) is 0 Å². The lowest BCUT2D eigenvalue weighted by Crippen LogP contribution is -2.26. The fourth-order valence-electron chi connectivity index (χ4n) is 2.96. The van der Waals surface area contributed by atoms with Crippen molar-refractivity contribution in [1.82, 2.24) is 15.1 Å². The number of halogens is 1. The predicted molar refractivity (Wildman–Crippen MR) is 105 cm³/mol. The van der Waals surface area contributed by atoms with Crippen molar-refractivity contribution >= 4 is 11.9 Å². The first-order valence-corrected chi connectivity index (χ1v) is 9.45. The molecule has 2 aromatic rings. The van der Waals surface area contributed by atoms with Gasteiger partial charge in [-0.3, -0.25) is 9.59 Å². The van der Waals surface area contributed by atoms with Crippen molar-refractivity contribution in [2.45, 2.75) is 44.8 Å². The highest BCUT2D eigenvalue weighted by Crippen LogP contribution is 2.33. The van der Waals surface area contributed by atoms with Gasteiger partial charge in [-0.25, -0.2) is 9.07 Å². The summed E-state index contributed by atoms with van der Waals surface area (Å²) >= 11 is 0. The number of ether oxygens (including phenoxy) is 1. The lowest BCUT2D eigenvalue weighted by Gasteiger charge is -2.17. The van der Waals surface area contributed by atoms with Crippen molar-refractivity contribution < 1.29 is 34.0 Å². The number of carbonyl (C=O) groups excluding carboxylic acids is 1. The van der Waals surface area contributed by atoms with Gasteiger partial charge in [-0.15, -0.1) is 0 Å². The summed E-state index contributed by atoms with van der Waals surface area (Å²) in [6, 6.07) is 5.43. The summed E-state index contributed by atoms with van der Waals surface area (Å²) in [6.07, 6.45) is -3.08. The van der Waals surface area contributed by atoms with E-state index in [2.05, 4.69) is 10.4 Å². The first kappa shape index (κ1) is 23.3. The standard InChI is InChI=1S/C20H26FN3O6/c1-11(2)17-18(19(29)22-3)23-24(13-6-4-12(21)5-7-13)20(17)30-10-15(26)8-14(25)9-16(27)28/h4-7,11,14-15,25-26H,8-10H2,1-3H3,(H,22,29)(H,27,28)/t14-,15+/m1/s1. The molecule has 0 bridgehead atoms. The Bertz CT molecular complexity index is 881. The van der Waals surface area contributed by atoms with Gasteiger partial charge in [0.05, 0.1) is 24.3 Å². The Hall–Kier alpha value is -2.98. The topological polar surface area (TPSA) is 134 Å². The third-order valence-electron chi connectivity index (χ3n) is 4.34. The Morgan fingerprint density at radius 3 is 2.37 bits per heavy atom. The number of hydrogen-bond acceptors (Lipinski definition) is 6. The van der Waals surface area contributed by atoms with Crippen LogP contribution in [0.2, 0.25) is 0 Å². The van der Waals surface area contributed by atoms with Crippen LogP contribution in [0.1, 0.15) is 48.7 Å². The molecule has 2 rings (SSSR count). The number of nitrogens with one attached hydrogen (secondary N) is 1. The Morgan fingerprint density at radius 2 is 1.83 bits per heavy atom. The first-order valence-electron chi connectivity index (χ1n) is 9.45. The van der Waals surface area contributed by atoms with E-state index in [4.69, 9.17) is 9.84 Å². The average Bonchev–Trinajstić information content (AvgIpc) is 3.05. The zero-order valence-corrected chi connectivity index (χ0v) is 17.0. The van der Waals surface area contributed by atoms with E-state index in [1.807, 2.05) is 13.8 Å². The van der Waals surface area contributed by atoms with E-state index in [1.165, 1.54) is 36.0 Å². The molecule has 1 amide bonds. The number of aromatic nitrogens is 2. The molecule has 164 valence electrons. The minimum Gasteiger partial charge on any atom is -0.481 e. The van der Waals surface area contributed by atoms with E-state index in [0.717, 1.165) is 0 Å². The summed E-state index contributed by atoms with van der Waals surface area (Å²) in [5.41, 5.74) is 1.08. The number of aliphatic hydroxyl groups excluding tert-OH is 2. The molecule has 0 fully saturated rings. The summed E-state index contributed by atoms with van der Waals surface area (Å²) in [6.45, 7) is 3.42. The molecule has 1 aromatic heterocycles. The number of benzene rings is 1. The smallest absolute Gasteiger partial charge is 0.305 e. The number of aliphatic carboxylic acids is 1. The monoisotopic (exact) mass is 423 g/mol. The molecule has 0 spiro atoms. The van der Waals surface area contributed by atoms with E-state index in [1.54, 1.807) is 0 Å². The maximum Gasteiger partial charge on any atom is 0.305 e. The van der Waals surface area contributed by atoms with Gasteiger partial charge in [0.15, 0.2) is 5.69 Å². The molecule has 9 nitrogen and oxygen atoms in total. The van der Waals surface area contributed by atoms with Gasteiger partial charge in [-0.05, 0) is 30.2 Å². The molecule has 0 unspecified atom stereocenters. The Morgan fingerprint density at radius 1 is 1.20 bits per heavy atom. The average molecular weight is 423 g/mol. The molecule has 0 saturated carbocycles. The number of nitrogens with zero attached hydrogens (tertiary/aromatic N) is 2. The molecule has 2 atom stereocenters. The van der Waals surface area contributed by atoms with Crippen LogP contribution >= 0.6 is 0 Å². The molecule has 0 radical (unpaired) electrons. The highest BCUT2D eigenvalue weighted by molar-refractivity contribution is 5.94. The third kappa shape index (κ3) is 5.77. The van der Waals surface area contributed by atoms with Crippen molar-refractivity contribution in [2.24, 2.45) is 0 Å². The van der Waals surface area contributed by atoms with E-state index >= 15 is 0 Å². The zero-order valence-electron chi connectivity index (χ0n) is 17.0. The molecular weight excluding hydrogens is 397 g/mol. The van der Waals surface area contributed by atoms with Gasteiger partial charge < -0.3 is 25.4 Å². The van der Waals surface area contributed by atoms with Crippen LogP contribution in [0, 0.1) is 5.82 Å². The van der Waals surface area contributed by atoms with Gasteiger partial charge in [0.25, 0.3) is 5.91 Å². The zero-order chi connectivity index (χ0) is 22.4. The highest BCUT2D eigenvalue weighted by Gasteiger charge is 2.27. The van der Waals surface area contributed by atoms with Gasteiger partial charge in [0.2, 0.25) is 5.88 Å². The van der Waals surface area contributed by atoms with Crippen LogP contribution in [-0.2, 0) is 4.79 Å². The molecule has 0 aliphatic carbocycles. The van der Waals surface area contributed by atoms with Gasteiger partial charge in [-0.1, -0.05) is 13.8 Å². The number of carboxylic acid groups (broad SMARTS) is 1. The number of aliphatic hydroxyl groups is 2. The normalized spacial score (nSPS) is 13.2. The van der Waals surface area contributed by atoms with Crippen LogP contribution in [0.5, 0.6) is 5.88 Å². The SMILES string of the molecule is CNC(=O)c1nn(-c2ccc(F)cc2)c(OC[C@@H](O)C[C@@H](O)CC(=O)O)c1C(C)C. The number of rotatable bonds is 10. The van der Waals surface area contributed by atoms with Crippen LogP contribution < -0.4 is 10.1 Å². The highest BCUT2D eigenvalue weighted by atomic mass is 19.1. The second-order valence-electron chi connectivity index (χ2n) is 7.14. The number of amides is 1. The van der Waals surface area contributed by atoms with E-state index in [9.17, 15) is 24.2 Å². The Labute approximate surface area is 173 Å². The van der Waals surface area contributed by atoms with Gasteiger partial charge >= 0.3 is 5.97 Å². The summed E-state index contributed by atoms with van der Waals surface area (Å²) in [4.78, 5) is 23.0. The van der Waals surface area contributed by atoms with Crippen molar-refractivity contribution in [1.29, 1.82) is 0 Å². The van der Waals surface area contributed by atoms with E-state index in [-0.39, 0.29) is 30.5 Å². The van der Waals surface area contributed by atoms with Crippen LogP contribution in [0.25, 0.3) is 5.69 Å². The van der Waals surface area contributed by atoms with Crippen molar-refractivity contribution in [3.8, 4) is 11.6 Å².